The molecule has 1 unspecified atom stereocenters. The van der Waals surface area contributed by atoms with Crippen LogP contribution in [0.2, 0.25) is 0 Å². The van der Waals surface area contributed by atoms with Gasteiger partial charge in [0.1, 0.15) is 0 Å². The second-order valence-electron chi connectivity index (χ2n) is 4.42. The lowest BCUT2D eigenvalue weighted by Crippen LogP contribution is -2.23. The fraction of sp³-hybridized carbons (Fsp3) is 0.333. The van der Waals surface area contributed by atoms with Gasteiger partial charge in [-0.25, -0.2) is 0 Å². The molecule has 0 fully saturated rings. The molecule has 0 aliphatic rings. The van der Waals surface area contributed by atoms with Gasteiger partial charge in [0.2, 0.25) is 0 Å². The molecule has 1 N–H and O–H groups in total. The normalized spacial score (nSPS) is 14.4. The molecule has 1 heterocycles. The molecule has 1 aromatic carbocycles. The van der Waals surface area contributed by atoms with Crippen molar-refractivity contribution in [3.63, 3.8) is 0 Å². The maximum atomic E-state index is 3.70. The summed E-state index contributed by atoms with van der Waals surface area (Å²) < 4.78 is 1.13. The van der Waals surface area contributed by atoms with Crippen molar-refractivity contribution in [2.45, 2.75) is 32.4 Å². The van der Waals surface area contributed by atoms with E-state index >= 15 is 0 Å². The van der Waals surface area contributed by atoms with E-state index < -0.39 is 0 Å². The van der Waals surface area contributed by atoms with Crippen molar-refractivity contribution in [2.75, 3.05) is 0 Å². The highest BCUT2D eigenvalue weighted by molar-refractivity contribution is 9.10. The summed E-state index contributed by atoms with van der Waals surface area (Å²) in [5, 5.41) is 5.83. The van der Waals surface area contributed by atoms with Crippen LogP contribution in [-0.4, -0.2) is 0 Å². The summed E-state index contributed by atoms with van der Waals surface area (Å²) in [6.07, 6.45) is 1.09. The molecule has 0 spiro atoms. The van der Waals surface area contributed by atoms with Crippen molar-refractivity contribution >= 4 is 27.3 Å². The Morgan fingerprint density at radius 1 is 1.22 bits per heavy atom. The Morgan fingerprint density at radius 2 is 1.94 bits per heavy atom. The number of hydrogen-bond acceptors (Lipinski definition) is 2. The number of hydrogen-bond donors (Lipinski definition) is 1. The van der Waals surface area contributed by atoms with Gasteiger partial charge in [-0.05, 0) is 42.5 Å². The second-order valence-corrected chi connectivity index (χ2v) is 6.31. The fourth-order valence-corrected chi connectivity index (χ4v) is 3.07. The van der Waals surface area contributed by atoms with Gasteiger partial charge in [0, 0.05) is 21.4 Å². The Labute approximate surface area is 121 Å². The summed E-state index contributed by atoms with van der Waals surface area (Å²) in [7, 11) is 0. The molecule has 1 aromatic heterocycles. The first-order chi connectivity index (χ1) is 8.70. The summed E-state index contributed by atoms with van der Waals surface area (Å²) in [6, 6.07) is 13.7. The molecule has 3 heteroatoms. The van der Waals surface area contributed by atoms with Crippen LogP contribution in [0, 0.1) is 0 Å². The lowest BCUT2D eigenvalue weighted by Gasteiger charge is -2.22. The topological polar surface area (TPSA) is 12.0 Å². The maximum absolute atomic E-state index is 3.70. The van der Waals surface area contributed by atoms with Crippen LogP contribution in [-0.2, 0) is 0 Å². The molecule has 18 heavy (non-hydrogen) atoms. The Morgan fingerprint density at radius 3 is 2.50 bits per heavy atom. The van der Waals surface area contributed by atoms with E-state index in [9.17, 15) is 0 Å². The third-order valence-electron chi connectivity index (χ3n) is 3.10. The number of rotatable bonds is 5. The third kappa shape index (κ3) is 3.44. The SMILES string of the molecule is CCC(N[C@H](C)c1cccs1)c1ccc(Br)cc1. The number of halogens is 1. The third-order valence-corrected chi connectivity index (χ3v) is 4.69. The zero-order valence-electron chi connectivity index (χ0n) is 10.7. The molecule has 0 radical (unpaired) electrons. The molecule has 2 aromatic rings. The highest BCUT2D eigenvalue weighted by Gasteiger charge is 2.14. The zero-order chi connectivity index (χ0) is 13.0. The molecular formula is C15H18BrNS. The van der Waals surface area contributed by atoms with Crippen LogP contribution in [0.25, 0.3) is 0 Å². The summed E-state index contributed by atoms with van der Waals surface area (Å²) in [5.41, 5.74) is 1.35. The predicted octanol–water partition coefficient (Wildman–Crippen LogP) is 5.31. The first kappa shape index (κ1) is 13.8. The lowest BCUT2D eigenvalue weighted by molar-refractivity contribution is 0.460. The average Bonchev–Trinajstić information content (AvgIpc) is 2.91. The standard InChI is InChI=1S/C15H18BrNS/c1-3-14(12-6-8-13(16)9-7-12)17-11(2)15-5-4-10-18-15/h4-11,14,17H,3H2,1-2H3/t11-,14?/m1/s1. The van der Waals surface area contributed by atoms with Gasteiger partial charge in [0.15, 0.2) is 0 Å². The van der Waals surface area contributed by atoms with E-state index in [1.807, 2.05) is 11.3 Å². The summed E-state index contributed by atoms with van der Waals surface area (Å²) >= 11 is 5.29. The van der Waals surface area contributed by atoms with Crippen LogP contribution >= 0.6 is 27.3 Å². The van der Waals surface area contributed by atoms with E-state index in [1.54, 1.807) is 0 Å². The van der Waals surface area contributed by atoms with Crippen LogP contribution in [0.4, 0.5) is 0 Å². The molecule has 0 saturated heterocycles. The Hall–Kier alpha value is -0.640. The van der Waals surface area contributed by atoms with Crippen LogP contribution < -0.4 is 5.32 Å². The molecule has 0 amide bonds. The monoisotopic (exact) mass is 323 g/mol. The van der Waals surface area contributed by atoms with Crippen LogP contribution in [0.15, 0.2) is 46.3 Å². The Kier molecular flexibility index (Phi) is 4.98. The van der Waals surface area contributed by atoms with Crippen molar-refractivity contribution in [3.05, 3.63) is 56.7 Å². The van der Waals surface area contributed by atoms with Crippen LogP contribution in [0.5, 0.6) is 0 Å². The average molecular weight is 324 g/mol. The van der Waals surface area contributed by atoms with Crippen LogP contribution in [0.3, 0.4) is 0 Å². The molecule has 0 bridgehead atoms. The van der Waals surface area contributed by atoms with Gasteiger partial charge in [-0.15, -0.1) is 11.3 Å². The first-order valence-electron chi connectivity index (χ1n) is 6.25. The highest BCUT2D eigenvalue weighted by Crippen LogP contribution is 2.25. The molecule has 96 valence electrons. The van der Waals surface area contributed by atoms with Crippen molar-refractivity contribution < 1.29 is 0 Å². The van der Waals surface area contributed by atoms with E-state index in [4.69, 9.17) is 0 Å². The quantitative estimate of drug-likeness (QED) is 0.785. The minimum Gasteiger partial charge on any atom is -0.303 e. The second kappa shape index (κ2) is 6.50. The Balaban J connectivity index is 2.07. The van der Waals surface area contributed by atoms with Gasteiger partial charge in [-0.1, -0.05) is 41.1 Å². The van der Waals surface area contributed by atoms with E-state index in [1.165, 1.54) is 10.4 Å². The molecule has 0 saturated carbocycles. The molecular weight excluding hydrogens is 306 g/mol. The number of benzene rings is 1. The van der Waals surface area contributed by atoms with E-state index in [-0.39, 0.29) is 0 Å². The van der Waals surface area contributed by atoms with Crippen molar-refractivity contribution in [2.24, 2.45) is 0 Å². The van der Waals surface area contributed by atoms with Gasteiger partial charge in [-0.2, -0.15) is 0 Å². The van der Waals surface area contributed by atoms with E-state index in [0.717, 1.165) is 10.9 Å². The zero-order valence-corrected chi connectivity index (χ0v) is 13.1. The maximum Gasteiger partial charge on any atom is 0.0391 e. The summed E-state index contributed by atoms with van der Waals surface area (Å²) in [5.74, 6) is 0. The van der Waals surface area contributed by atoms with Crippen molar-refractivity contribution in [3.8, 4) is 0 Å². The van der Waals surface area contributed by atoms with Crippen molar-refractivity contribution in [1.29, 1.82) is 0 Å². The largest absolute Gasteiger partial charge is 0.303 e. The lowest BCUT2D eigenvalue weighted by atomic mass is 10.0. The predicted molar refractivity (Wildman–Crippen MR) is 83.0 cm³/mol. The highest BCUT2D eigenvalue weighted by atomic mass is 79.9. The summed E-state index contributed by atoms with van der Waals surface area (Å²) in [4.78, 5) is 1.39. The van der Waals surface area contributed by atoms with Gasteiger partial charge in [0.25, 0.3) is 0 Å². The molecule has 0 aliphatic heterocycles. The fourth-order valence-electron chi connectivity index (χ4n) is 2.07. The molecule has 0 aliphatic carbocycles. The van der Waals surface area contributed by atoms with E-state index in [2.05, 4.69) is 76.9 Å². The molecule has 2 atom stereocenters. The van der Waals surface area contributed by atoms with Gasteiger partial charge < -0.3 is 5.32 Å². The van der Waals surface area contributed by atoms with Crippen molar-refractivity contribution in [1.82, 2.24) is 5.32 Å². The molecule has 2 rings (SSSR count). The minimum atomic E-state index is 0.401. The summed E-state index contributed by atoms with van der Waals surface area (Å²) in [6.45, 7) is 4.45. The number of thiophene rings is 1. The van der Waals surface area contributed by atoms with E-state index in [0.29, 0.717) is 12.1 Å². The van der Waals surface area contributed by atoms with Gasteiger partial charge in [0.05, 0.1) is 0 Å². The van der Waals surface area contributed by atoms with Crippen LogP contribution in [0.1, 0.15) is 42.8 Å². The molecule has 1 nitrogen and oxygen atoms in total. The number of nitrogens with one attached hydrogen (secondary N) is 1. The Bertz CT molecular complexity index is 464. The first-order valence-corrected chi connectivity index (χ1v) is 7.93. The van der Waals surface area contributed by atoms with Gasteiger partial charge in [-0.3, -0.25) is 0 Å². The smallest absolute Gasteiger partial charge is 0.0391 e. The van der Waals surface area contributed by atoms with Gasteiger partial charge >= 0.3 is 0 Å². The minimum absolute atomic E-state index is 0.401.